The van der Waals surface area contributed by atoms with Crippen molar-refractivity contribution < 1.29 is 4.52 Å². The van der Waals surface area contributed by atoms with Gasteiger partial charge in [-0.3, -0.25) is 0 Å². The fourth-order valence-corrected chi connectivity index (χ4v) is 2.93. The minimum atomic E-state index is 0.461. The normalized spacial score (nSPS) is 11.0. The molecule has 0 saturated heterocycles. The highest BCUT2D eigenvalue weighted by atomic mass is 35.5. The van der Waals surface area contributed by atoms with Gasteiger partial charge in [-0.2, -0.15) is 4.98 Å². The maximum atomic E-state index is 5.98. The van der Waals surface area contributed by atoms with Crippen molar-refractivity contribution in [1.82, 2.24) is 15.1 Å². The van der Waals surface area contributed by atoms with Crippen LogP contribution < -0.4 is 5.32 Å². The molecule has 0 aliphatic carbocycles. The number of fused-ring (bicyclic) bond motifs is 1. The number of nitrogens with one attached hydrogen (secondary N) is 1. The number of nitrogens with zero attached hydrogens (tertiary/aromatic N) is 3. The van der Waals surface area contributed by atoms with Crippen molar-refractivity contribution in [3.05, 3.63) is 71.0 Å². The first-order chi connectivity index (χ1) is 12.7. The smallest absolute Gasteiger partial charge is 0.263 e. The molecule has 0 bridgehead atoms. The summed E-state index contributed by atoms with van der Waals surface area (Å²) in [6.07, 6.45) is 2.38. The summed E-state index contributed by atoms with van der Waals surface area (Å²) in [5, 5.41) is 9.00. The lowest BCUT2D eigenvalue weighted by Crippen LogP contribution is -2.07. The average molecular weight is 365 g/mol. The molecule has 130 valence electrons. The quantitative estimate of drug-likeness (QED) is 0.545. The van der Waals surface area contributed by atoms with Gasteiger partial charge in [0.2, 0.25) is 0 Å². The predicted molar refractivity (Wildman–Crippen MR) is 103 cm³/mol. The average Bonchev–Trinajstić information content (AvgIpc) is 3.09. The molecule has 1 N–H and O–H groups in total. The number of hydrogen-bond acceptors (Lipinski definition) is 5. The highest BCUT2D eigenvalue weighted by Crippen LogP contribution is 2.31. The van der Waals surface area contributed by atoms with Crippen molar-refractivity contribution in [3.63, 3.8) is 0 Å². The summed E-state index contributed by atoms with van der Waals surface area (Å²) in [5.74, 6) is 0.716. The number of rotatable bonds is 5. The number of aromatic nitrogens is 3. The lowest BCUT2D eigenvalue weighted by atomic mass is 10.1. The van der Waals surface area contributed by atoms with Gasteiger partial charge in [0.05, 0.1) is 0 Å². The van der Waals surface area contributed by atoms with E-state index in [2.05, 4.69) is 51.6 Å². The van der Waals surface area contributed by atoms with Crippen molar-refractivity contribution in [2.45, 2.75) is 13.3 Å². The van der Waals surface area contributed by atoms with Crippen molar-refractivity contribution in [3.8, 4) is 11.3 Å². The molecule has 0 aliphatic heterocycles. The van der Waals surface area contributed by atoms with E-state index >= 15 is 0 Å². The van der Waals surface area contributed by atoms with Gasteiger partial charge in [-0.05, 0) is 31.0 Å². The second-order valence-corrected chi connectivity index (χ2v) is 6.54. The third-order valence-electron chi connectivity index (χ3n) is 4.22. The first-order valence-corrected chi connectivity index (χ1v) is 8.74. The summed E-state index contributed by atoms with van der Waals surface area (Å²) in [6.45, 7) is 2.84. The topological polar surface area (TPSA) is 63.8 Å². The Labute approximate surface area is 156 Å². The number of halogens is 1. The van der Waals surface area contributed by atoms with Gasteiger partial charge in [0.1, 0.15) is 23.2 Å². The van der Waals surface area contributed by atoms with Gasteiger partial charge in [-0.15, -0.1) is 0 Å². The zero-order valence-corrected chi connectivity index (χ0v) is 15.0. The predicted octanol–water partition coefficient (Wildman–Crippen LogP) is 4.90. The molecule has 5 nitrogen and oxygen atoms in total. The first kappa shape index (κ1) is 16.5. The van der Waals surface area contributed by atoms with Crippen molar-refractivity contribution in [1.29, 1.82) is 0 Å². The highest BCUT2D eigenvalue weighted by Gasteiger charge is 2.16. The van der Waals surface area contributed by atoms with Crippen LogP contribution in [-0.4, -0.2) is 21.7 Å². The molecule has 0 atom stereocenters. The van der Waals surface area contributed by atoms with Crippen LogP contribution in [0.25, 0.3) is 22.4 Å². The molecular weight excluding hydrogens is 348 g/mol. The Hall–Kier alpha value is -2.92. The Bertz CT molecular complexity index is 1030. The van der Waals surface area contributed by atoms with Crippen LogP contribution in [0.5, 0.6) is 0 Å². The molecule has 0 unspecified atom stereocenters. The van der Waals surface area contributed by atoms with Crippen LogP contribution in [0.1, 0.15) is 11.1 Å². The fraction of sp³-hybridized carbons (Fsp3) is 0.150. The zero-order chi connectivity index (χ0) is 17.9. The molecule has 2 aromatic heterocycles. The fourth-order valence-electron chi connectivity index (χ4n) is 2.81. The Morgan fingerprint density at radius 3 is 2.54 bits per heavy atom. The summed E-state index contributed by atoms with van der Waals surface area (Å²) in [4.78, 5) is 8.56. The summed E-state index contributed by atoms with van der Waals surface area (Å²) < 4.78 is 5.38. The van der Waals surface area contributed by atoms with Crippen LogP contribution in [0.4, 0.5) is 5.82 Å². The standard InChI is InChI=1S/C20H17ClN4O/c1-13-2-4-14(5-3-13)10-11-22-19-17-18(15-6-8-16(21)9-7-15)25-26-20(17)24-12-23-19/h2-9,12H,10-11H2,1H3,(H,22,23,24). The van der Waals surface area contributed by atoms with Gasteiger partial charge < -0.3 is 9.84 Å². The van der Waals surface area contributed by atoms with Gasteiger partial charge in [-0.25, -0.2) is 4.98 Å². The lowest BCUT2D eigenvalue weighted by molar-refractivity contribution is 0.451. The molecule has 0 radical (unpaired) electrons. The molecular formula is C20H17ClN4O. The Morgan fingerprint density at radius 1 is 1.00 bits per heavy atom. The Balaban J connectivity index is 1.59. The van der Waals surface area contributed by atoms with E-state index in [9.17, 15) is 0 Å². The maximum Gasteiger partial charge on any atom is 0.263 e. The summed E-state index contributed by atoms with van der Waals surface area (Å²) in [5.41, 5.74) is 4.61. The molecule has 0 saturated carbocycles. The molecule has 0 aliphatic rings. The van der Waals surface area contributed by atoms with E-state index in [1.165, 1.54) is 17.5 Å². The molecule has 4 aromatic rings. The Morgan fingerprint density at radius 2 is 1.77 bits per heavy atom. The van der Waals surface area contributed by atoms with Crippen molar-refractivity contribution in [2.75, 3.05) is 11.9 Å². The second kappa shape index (κ2) is 7.14. The zero-order valence-electron chi connectivity index (χ0n) is 14.2. The van der Waals surface area contributed by atoms with E-state index in [0.29, 0.717) is 22.2 Å². The molecule has 6 heteroatoms. The molecule has 2 aromatic carbocycles. The van der Waals surface area contributed by atoms with E-state index < -0.39 is 0 Å². The molecule has 0 amide bonds. The van der Waals surface area contributed by atoms with Crippen LogP contribution >= 0.6 is 11.6 Å². The van der Waals surface area contributed by atoms with E-state index in [1.807, 2.05) is 24.3 Å². The monoisotopic (exact) mass is 364 g/mol. The van der Waals surface area contributed by atoms with Crippen molar-refractivity contribution in [2.24, 2.45) is 0 Å². The van der Waals surface area contributed by atoms with Crippen LogP contribution in [0.15, 0.2) is 59.4 Å². The Kier molecular flexibility index (Phi) is 4.54. The van der Waals surface area contributed by atoms with Crippen LogP contribution in [0, 0.1) is 6.92 Å². The van der Waals surface area contributed by atoms with Crippen LogP contribution in [0.3, 0.4) is 0 Å². The number of aryl methyl sites for hydroxylation is 1. The van der Waals surface area contributed by atoms with Gasteiger partial charge in [0.25, 0.3) is 5.71 Å². The maximum absolute atomic E-state index is 5.98. The third-order valence-corrected chi connectivity index (χ3v) is 4.47. The summed E-state index contributed by atoms with van der Waals surface area (Å²) >= 11 is 5.98. The highest BCUT2D eigenvalue weighted by molar-refractivity contribution is 6.30. The SMILES string of the molecule is Cc1ccc(CCNc2ncnc3onc(-c4ccc(Cl)cc4)c23)cc1. The van der Waals surface area contributed by atoms with Gasteiger partial charge in [0.15, 0.2) is 0 Å². The second-order valence-electron chi connectivity index (χ2n) is 6.10. The van der Waals surface area contributed by atoms with Gasteiger partial charge in [-0.1, -0.05) is 58.7 Å². The largest absolute Gasteiger partial charge is 0.369 e. The molecule has 2 heterocycles. The lowest BCUT2D eigenvalue weighted by Gasteiger charge is -2.07. The van der Waals surface area contributed by atoms with Crippen molar-refractivity contribution >= 4 is 28.5 Å². The minimum absolute atomic E-state index is 0.461. The number of benzene rings is 2. The molecule has 0 spiro atoms. The van der Waals surface area contributed by atoms with Crippen LogP contribution in [0.2, 0.25) is 5.02 Å². The van der Waals surface area contributed by atoms with Gasteiger partial charge >= 0.3 is 0 Å². The van der Waals surface area contributed by atoms with E-state index in [0.717, 1.165) is 23.9 Å². The molecule has 4 rings (SSSR count). The van der Waals surface area contributed by atoms with Gasteiger partial charge in [0, 0.05) is 17.1 Å². The van der Waals surface area contributed by atoms with E-state index in [-0.39, 0.29) is 0 Å². The number of anilines is 1. The summed E-state index contributed by atoms with van der Waals surface area (Å²) in [6, 6.07) is 16.0. The number of hydrogen-bond donors (Lipinski definition) is 1. The third kappa shape index (κ3) is 3.39. The molecule has 26 heavy (non-hydrogen) atoms. The first-order valence-electron chi connectivity index (χ1n) is 8.36. The van der Waals surface area contributed by atoms with E-state index in [4.69, 9.17) is 16.1 Å². The minimum Gasteiger partial charge on any atom is -0.369 e. The molecule has 0 fully saturated rings. The van der Waals surface area contributed by atoms with Crippen LogP contribution in [-0.2, 0) is 6.42 Å². The summed E-state index contributed by atoms with van der Waals surface area (Å²) in [7, 11) is 0. The van der Waals surface area contributed by atoms with E-state index in [1.54, 1.807) is 0 Å².